The maximum absolute atomic E-state index is 12.6. The largest absolute Gasteiger partial charge is 0.497 e. The van der Waals surface area contributed by atoms with Crippen LogP contribution in [0.25, 0.3) is 0 Å². The molecule has 33 heavy (non-hydrogen) atoms. The normalized spacial score (nSPS) is 10.2. The zero-order valence-electron chi connectivity index (χ0n) is 18.4. The van der Waals surface area contributed by atoms with Gasteiger partial charge in [-0.05, 0) is 60.7 Å². The summed E-state index contributed by atoms with van der Waals surface area (Å²) in [4.78, 5) is 37.3. The minimum absolute atomic E-state index is 0.197. The van der Waals surface area contributed by atoms with E-state index in [2.05, 4.69) is 5.32 Å². The summed E-state index contributed by atoms with van der Waals surface area (Å²) in [5.41, 5.74) is 1.35. The molecule has 0 saturated heterocycles. The summed E-state index contributed by atoms with van der Waals surface area (Å²) in [5, 5.41) is 2.72. The highest BCUT2D eigenvalue weighted by molar-refractivity contribution is 6.05. The predicted molar refractivity (Wildman–Crippen MR) is 122 cm³/mol. The molecule has 3 aromatic carbocycles. The Labute approximate surface area is 191 Å². The second-order valence-electron chi connectivity index (χ2n) is 6.83. The third-order valence-electron chi connectivity index (χ3n) is 4.75. The fourth-order valence-corrected chi connectivity index (χ4v) is 2.98. The smallest absolute Gasteiger partial charge is 0.338 e. The summed E-state index contributed by atoms with van der Waals surface area (Å²) in [6, 6.07) is 17.5. The molecule has 0 aliphatic heterocycles. The lowest BCUT2D eigenvalue weighted by molar-refractivity contribution is 0.0474. The molecule has 0 radical (unpaired) electrons. The summed E-state index contributed by atoms with van der Waals surface area (Å²) in [7, 11) is 4.52. The molecular formula is C25H23NO7. The predicted octanol–water partition coefficient (Wildman–Crippen LogP) is 4.00. The molecule has 0 heterocycles. The zero-order chi connectivity index (χ0) is 23.8. The number of benzene rings is 3. The van der Waals surface area contributed by atoms with Crippen molar-refractivity contribution in [2.75, 3.05) is 33.3 Å². The lowest BCUT2D eigenvalue weighted by Crippen LogP contribution is -2.15. The summed E-state index contributed by atoms with van der Waals surface area (Å²) < 4.78 is 20.6. The van der Waals surface area contributed by atoms with Crippen LogP contribution in [0.4, 0.5) is 5.69 Å². The van der Waals surface area contributed by atoms with Crippen molar-refractivity contribution < 1.29 is 33.3 Å². The number of amides is 1. The van der Waals surface area contributed by atoms with E-state index in [4.69, 9.17) is 18.9 Å². The number of ether oxygens (including phenoxy) is 4. The van der Waals surface area contributed by atoms with Crippen LogP contribution in [0.15, 0.2) is 66.7 Å². The van der Waals surface area contributed by atoms with Crippen LogP contribution >= 0.6 is 0 Å². The molecular weight excluding hydrogens is 426 g/mol. The van der Waals surface area contributed by atoms with Crippen LogP contribution < -0.4 is 19.5 Å². The van der Waals surface area contributed by atoms with Gasteiger partial charge in [-0.15, -0.1) is 0 Å². The van der Waals surface area contributed by atoms with Crippen LogP contribution in [-0.4, -0.2) is 45.6 Å². The van der Waals surface area contributed by atoms with E-state index in [0.29, 0.717) is 34.1 Å². The number of methoxy groups -OCH3 is 3. The van der Waals surface area contributed by atoms with Crippen LogP contribution in [0.2, 0.25) is 0 Å². The molecule has 0 aliphatic carbocycles. The first-order valence-corrected chi connectivity index (χ1v) is 9.93. The number of Topliss-reactive ketones (excluding diaryl/α,β-unsaturated/α-hetero) is 1. The zero-order valence-corrected chi connectivity index (χ0v) is 18.4. The first-order valence-electron chi connectivity index (χ1n) is 9.93. The van der Waals surface area contributed by atoms with Crippen molar-refractivity contribution in [2.24, 2.45) is 0 Å². The minimum atomic E-state index is -0.681. The highest BCUT2D eigenvalue weighted by Gasteiger charge is 2.15. The fourth-order valence-electron chi connectivity index (χ4n) is 2.98. The van der Waals surface area contributed by atoms with E-state index in [0.717, 1.165) is 0 Å². The maximum atomic E-state index is 12.6. The van der Waals surface area contributed by atoms with Crippen molar-refractivity contribution in [1.29, 1.82) is 0 Å². The molecule has 170 valence electrons. The fraction of sp³-hybridized carbons (Fsp3) is 0.160. The van der Waals surface area contributed by atoms with Gasteiger partial charge in [-0.25, -0.2) is 4.79 Å². The van der Waals surface area contributed by atoms with E-state index in [1.165, 1.54) is 33.5 Å². The highest BCUT2D eigenvalue weighted by Crippen LogP contribution is 2.28. The monoisotopic (exact) mass is 449 g/mol. The van der Waals surface area contributed by atoms with E-state index in [-0.39, 0.29) is 11.3 Å². The molecule has 0 bridgehead atoms. The van der Waals surface area contributed by atoms with E-state index >= 15 is 0 Å². The van der Waals surface area contributed by atoms with Crippen molar-refractivity contribution in [1.82, 2.24) is 0 Å². The van der Waals surface area contributed by atoms with Gasteiger partial charge in [0.25, 0.3) is 5.91 Å². The van der Waals surface area contributed by atoms with Gasteiger partial charge in [0.15, 0.2) is 23.9 Å². The Hall–Kier alpha value is -4.33. The van der Waals surface area contributed by atoms with Gasteiger partial charge < -0.3 is 24.3 Å². The number of ketones is 1. The number of hydrogen-bond donors (Lipinski definition) is 1. The number of carbonyl (C=O) groups is 3. The van der Waals surface area contributed by atoms with E-state index in [9.17, 15) is 14.4 Å². The molecule has 0 unspecified atom stereocenters. The van der Waals surface area contributed by atoms with Crippen molar-refractivity contribution in [3.63, 3.8) is 0 Å². The number of rotatable bonds is 9. The number of hydrogen-bond acceptors (Lipinski definition) is 7. The van der Waals surface area contributed by atoms with Gasteiger partial charge in [-0.2, -0.15) is 0 Å². The van der Waals surface area contributed by atoms with Gasteiger partial charge in [0.2, 0.25) is 0 Å². The third kappa shape index (κ3) is 5.88. The van der Waals surface area contributed by atoms with Crippen LogP contribution in [0.1, 0.15) is 31.1 Å². The number of esters is 1. The lowest BCUT2D eigenvalue weighted by atomic mass is 10.1. The van der Waals surface area contributed by atoms with E-state index < -0.39 is 18.5 Å². The maximum Gasteiger partial charge on any atom is 0.338 e. The second-order valence-corrected chi connectivity index (χ2v) is 6.83. The molecule has 8 nitrogen and oxygen atoms in total. The summed E-state index contributed by atoms with van der Waals surface area (Å²) in [6.45, 7) is -0.409. The number of anilines is 1. The number of carbonyl (C=O) groups excluding carboxylic acids is 3. The van der Waals surface area contributed by atoms with Crippen LogP contribution in [0, 0.1) is 0 Å². The van der Waals surface area contributed by atoms with E-state index in [1.807, 2.05) is 0 Å². The van der Waals surface area contributed by atoms with Crippen LogP contribution in [0.5, 0.6) is 17.2 Å². The molecule has 0 atom stereocenters. The summed E-state index contributed by atoms with van der Waals surface area (Å²) in [5.74, 6) is 0.127. The molecule has 1 amide bonds. The molecule has 0 aliphatic rings. The molecule has 0 spiro atoms. The molecule has 0 fully saturated rings. The van der Waals surface area contributed by atoms with Gasteiger partial charge in [0.05, 0.1) is 26.9 Å². The van der Waals surface area contributed by atoms with Crippen molar-refractivity contribution >= 4 is 23.3 Å². The van der Waals surface area contributed by atoms with Crippen LogP contribution in [-0.2, 0) is 4.74 Å². The Balaban J connectivity index is 1.63. The summed E-state index contributed by atoms with van der Waals surface area (Å²) in [6.07, 6.45) is 0. The first-order chi connectivity index (χ1) is 15.9. The average molecular weight is 449 g/mol. The molecule has 8 heteroatoms. The Morgan fingerprint density at radius 3 is 2.09 bits per heavy atom. The Morgan fingerprint density at radius 1 is 0.727 bits per heavy atom. The summed E-state index contributed by atoms with van der Waals surface area (Å²) >= 11 is 0. The Bertz CT molecular complexity index is 1160. The molecule has 1 N–H and O–H groups in total. The van der Waals surface area contributed by atoms with E-state index in [1.54, 1.807) is 54.6 Å². The minimum Gasteiger partial charge on any atom is -0.497 e. The van der Waals surface area contributed by atoms with Gasteiger partial charge in [-0.1, -0.05) is 6.07 Å². The van der Waals surface area contributed by atoms with Gasteiger partial charge in [0.1, 0.15) is 5.75 Å². The van der Waals surface area contributed by atoms with Gasteiger partial charge >= 0.3 is 5.97 Å². The van der Waals surface area contributed by atoms with Gasteiger partial charge in [0, 0.05) is 16.8 Å². The SMILES string of the molecule is COc1ccc(C(=O)COC(=O)c2cccc(NC(=O)c3ccc(OC)c(OC)c3)c2)cc1. The first kappa shape index (κ1) is 23.3. The Kier molecular flexibility index (Phi) is 7.64. The van der Waals surface area contributed by atoms with Crippen molar-refractivity contribution in [3.05, 3.63) is 83.4 Å². The topological polar surface area (TPSA) is 100 Å². The van der Waals surface area contributed by atoms with Gasteiger partial charge in [-0.3, -0.25) is 9.59 Å². The average Bonchev–Trinajstić information content (AvgIpc) is 2.86. The molecule has 3 rings (SSSR count). The third-order valence-corrected chi connectivity index (χ3v) is 4.75. The second kappa shape index (κ2) is 10.8. The standard InChI is InChI=1S/C25H23NO7/c1-30-20-10-7-16(8-11-20)21(27)15-33-25(29)18-5-4-6-19(13-18)26-24(28)17-9-12-22(31-2)23(14-17)32-3/h4-14H,15H2,1-3H3,(H,26,28). The van der Waals surface area contributed by atoms with Crippen LogP contribution in [0.3, 0.4) is 0 Å². The van der Waals surface area contributed by atoms with Crippen molar-refractivity contribution in [2.45, 2.75) is 0 Å². The molecule has 0 saturated carbocycles. The highest BCUT2D eigenvalue weighted by atomic mass is 16.5. The number of nitrogens with one attached hydrogen (secondary N) is 1. The lowest BCUT2D eigenvalue weighted by Gasteiger charge is -2.11. The van der Waals surface area contributed by atoms with Crippen molar-refractivity contribution in [3.8, 4) is 17.2 Å². The Morgan fingerprint density at radius 2 is 1.42 bits per heavy atom. The quantitative estimate of drug-likeness (QED) is 0.389. The molecule has 0 aromatic heterocycles. The molecule has 3 aromatic rings.